The summed E-state index contributed by atoms with van der Waals surface area (Å²) < 4.78 is 12.3. The molecule has 7 heteroatoms. The predicted molar refractivity (Wildman–Crippen MR) is 214 cm³/mol. The van der Waals surface area contributed by atoms with Crippen LogP contribution < -0.4 is 0 Å². The van der Waals surface area contributed by atoms with E-state index in [-0.39, 0.29) is 68.8 Å². The molecule has 20 atom stereocenters. The van der Waals surface area contributed by atoms with E-state index in [1.165, 1.54) is 56.1 Å². The number of hydrogen-bond donors (Lipinski definition) is 0. The summed E-state index contributed by atoms with van der Waals surface area (Å²) in [6.45, 7) is 9.90. The quantitative estimate of drug-likeness (QED) is 0.179. The molecule has 0 amide bonds. The number of allylic oxidation sites excluding steroid dienone is 2. The first-order chi connectivity index (χ1) is 25.8. The number of halogens is 1. The van der Waals surface area contributed by atoms with Crippen molar-refractivity contribution in [3.63, 3.8) is 0 Å². The Hall–Kier alpha value is -1.77. The van der Waals surface area contributed by atoms with E-state index in [9.17, 15) is 19.2 Å². The van der Waals surface area contributed by atoms with Crippen molar-refractivity contribution in [3.05, 3.63) is 35.5 Å². The smallest absolute Gasteiger partial charge is 0.331 e. The first-order valence-electron chi connectivity index (χ1n) is 22.4. The van der Waals surface area contributed by atoms with Crippen molar-refractivity contribution in [2.24, 2.45) is 105 Å². The van der Waals surface area contributed by atoms with E-state index < -0.39 is 0 Å². The van der Waals surface area contributed by atoms with Gasteiger partial charge in [0, 0.05) is 48.0 Å². The van der Waals surface area contributed by atoms with Crippen molar-refractivity contribution in [1.29, 1.82) is 0 Å². The number of rotatable bonds is 0. The molecule has 14 aliphatic rings. The maximum Gasteiger partial charge on any atom is 0.331 e. The molecule has 1 saturated heterocycles. The summed E-state index contributed by atoms with van der Waals surface area (Å²) >= 11 is 0. The van der Waals surface area contributed by atoms with Gasteiger partial charge in [-0.3, -0.25) is 14.4 Å². The highest BCUT2D eigenvalue weighted by atomic mass is 127. The van der Waals surface area contributed by atoms with Crippen LogP contribution in [0.3, 0.4) is 0 Å². The Labute approximate surface area is 343 Å². The average Bonchev–Trinajstić information content (AvgIpc) is 4.00. The van der Waals surface area contributed by atoms with E-state index in [4.69, 9.17) is 9.47 Å². The number of hydrogen-bond acceptors (Lipinski definition) is 6. The summed E-state index contributed by atoms with van der Waals surface area (Å²) in [7, 11) is 0. The molecule has 0 aromatic rings. The van der Waals surface area contributed by atoms with E-state index in [2.05, 4.69) is 45.9 Å². The van der Waals surface area contributed by atoms with Crippen LogP contribution in [0.2, 0.25) is 0 Å². The molecule has 2 spiro atoms. The second-order valence-corrected chi connectivity index (χ2v) is 22.7. The summed E-state index contributed by atoms with van der Waals surface area (Å²) in [5.74, 6) is 10.8. The molecule has 2 aliphatic heterocycles. The van der Waals surface area contributed by atoms with Gasteiger partial charge in [-0.2, -0.15) is 0 Å². The minimum Gasteiger partial charge on any atom is -0.458 e. The van der Waals surface area contributed by atoms with Gasteiger partial charge in [-0.05, 0) is 171 Å². The molecule has 14 rings (SSSR count). The maximum atomic E-state index is 12.2. The van der Waals surface area contributed by atoms with Crippen LogP contribution in [0.15, 0.2) is 35.5 Å². The first-order valence-corrected chi connectivity index (χ1v) is 22.4. The zero-order valence-electron chi connectivity index (χ0n) is 33.1. The molecule has 12 aliphatic carbocycles. The minimum absolute atomic E-state index is 0. The second-order valence-electron chi connectivity index (χ2n) is 22.7. The van der Waals surface area contributed by atoms with Crippen LogP contribution in [-0.4, -0.2) is 34.7 Å². The van der Waals surface area contributed by atoms with Crippen molar-refractivity contribution in [1.82, 2.24) is 0 Å². The second kappa shape index (κ2) is 10.5. The normalized spacial score (nSPS) is 60.6. The Morgan fingerprint density at radius 2 is 1.13 bits per heavy atom. The molecule has 0 N–H and O–H groups in total. The van der Waals surface area contributed by atoms with Crippen molar-refractivity contribution >= 4 is 47.5 Å². The van der Waals surface area contributed by atoms with Gasteiger partial charge in [0.05, 0.1) is 0 Å². The van der Waals surface area contributed by atoms with Gasteiger partial charge in [-0.15, -0.1) is 24.0 Å². The summed E-state index contributed by atoms with van der Waals surface area (Å²) in [6, 6.07) is 0. The molecule has 0 bridgehead atoms. The lowest BCUT2D eigenvalue weighted by Crippen LogP contribution is -2.57. The van der Waals surface area contributed by atoms with Crippen LogP contribution in [0.5, 0.6) is 0 Å². The molecular weight excluding hydrogens is 799 g/mol. The lowest BCUT2D eigenvalue weighted by molar-refractivity contribution is -0.177. The predicted octanol–water partition coefficient (Wildman–Crippen LogP) is 9.01. The molecule has 0 aromatic heterocycles. The molecule has 6 unspecified atom stereocenters. The molecule has 0 aromatic carbocycles. The van der Waals surface area contributed by atoms with Crippen molar-refractivity contribution in [2.45, 2.75) is 129 Å². The Bertz CT molecular complexity index is 1980. The molecule has 0 radical (unpaired) electrons. The van der Waals surface area contributed by atoms with E-state index in [1.807, 2.05) is 0 Å². The van der Waals surface area contributed by atoms with Crippen LogP contribution in [-0.2, 0) is 28.7 Å². The number of ether oxygens (including phenoxy) is 2. The summed E-state index contributed by atoms with van der Waals surface area (Å²) in [5, 5.41) is 0. The molecule has 294 valence electrons. The topological polar surface area (TPSA) is 86.7 Å². The lowest BCUT2D eigenvalue weighted by Gasteiger charge is -2.60. The SMILES string of the molecule is C[C@]12CCC(=O)C=C1[C@@H]1C[C@@H]1C1C2CC[C@@]2(C)C1[C@@H]1C[C@@H]1[C@@]21C=CC(=O)O1.C[C@]12CCC(=O)C=C1[C@@H]1C[C@@H]1C1C2CC[C@@]2(C)C1[C@@H]1C[C@@H]1[C@@]21CCC(=O)O1.I. The highest BCUT2D eigenvalue weighted by Crippen LogP contribution is 2.84. The molecule has 11 fully saturated rings. The zero-order chi connectivity index (χ0) is 36.7. The number of fused-ring (bicyclic) bond motifs is 24. The standard InChI is InChI=1S/C24H30O3.C24H28O3.HI/c2*1-22-6-3-12(25)9-17(22)13-10-14(13)20-16(22)4-7-23(2)21(20)15-11-18(15)24(23)8-5-19(26)27-24;/h9,13-16,18,20-21H,3-8,10-11H2,1-2H3;5,8-9,13-16,18,20-21H,3-4,6-7,10-11H2,1-2H3;1H/t2*13-,14+,15-,16?,18+,20?,21?,22-,23+,24+;/m11./s1. The third kappa shape index (κ3) is 3.97. The highest BCUT2D eigenvalue weighted by Gasteiger charge is 2.82. The van der Waals surface area contributed by atoms with Gasteiger partial charge >= 0.3 is 11.9 Å². The summed E-state index contributed by atoms with van der Waals surface area (Å²) in [6.07, 6.45) is 23.2. The average molecular weight is 859 g/mol. The van der Waals surface area contributed by atoms with Gasteiger partial charge < -0.3 is 9.47 Å². The number of carbonyl (C=O) groups excluding carboxylic acids is 4. The lowest BCUT2D eigenvalue weighted by atomic mass is 9.45. The fourth-order valence-electron chi connectivity index (χ4n) is 19.1. The van der Waals surface area contributed by atoms with Gasteiger partial charge in [-0.1, -0.05) is 38.8 Å². The largest absolute Gasteiger partial charge is 0.458 e. The van der Waals surface area contributed by atoms with Gasteiger partial charge in [0.15, 0.2) is 11.6 Å². The minimum atomic E-state index is -0.311. The van der Waals surface area contributed by atoms with Gasteiger partial charge in [-0.25, -0.2) is 4.79 Å². The maximum absolute atomic E-state index is 12.2. The molecule has 10 saturated carbocycles. The zero-order valence-corrected chi connectivity index (χ0v) is 35.5. The molecule has 2 heterocycles. The first kappa shape index (κ1) is 35.2. The molecular formula is C48H59IO6. The molecule has 55 heavy (non-hydrogen) atoms. The number of ketones is 2. The molecule has 6 nitrogen and oxygen atoms in total. The van der Waals surface area contributed by atoms with E-state index in [0.717, 1.165) is 91.8 Å². The van der Waals surface area contributed by atoms with E-state index in [0.29, 0.717) is 47.6 Å². The van der Waals surface area contributed by atoms with Crippen LogP contribution in [0.4, 0.5) is 0 Å². The third-order valence-electron chi connectivity index (χ3n) is 21.4. The van der Waals surface area contributed by atoms with Gasteiger partial charge in [0.1, 0.15) is 11.2 Å². The van der Waals surface area contributed by atoms with Gasteiger partial charge in [0.2, 0.25) is 0 Å². The van der Waals surface area contributed by atoms with Crippen LogP contribution in [0.25, 0.3) is 0 Å². The Morgan fingerprint density at radius 1 is 0.582 bits per heavy atom. The van der Waals surface area contributed by atoms with Crippen LogP contribution in [0.1, 0.15) is 118 Å². The highest BCUT2D eigenvalue weighted by molar-refractivity contribution is 14.0. The summed E-state index contributed by atoms with van der Waals surface area (Å²) in [4.78, 5) is 48.5. The summed E-state index contributed by atoms with van der Waals surface area (Å²) in [5.41, 5.74) is 3.40. The fraction of sp³-hybridized carbons (Fsp3) is 0.792. The Balaban J connectivity index is 0.000000120. The number of carbonyl (C=O) groups is 4. The van der Waals surface area contributed by atoms with Crippen molar-refractivity contribution < 1.29 is 28.7 Å². The van der Waals surface area contributed by atoms with Crippen molar-refractivity contribution in [2.75, 3.05) is 0 Å². The third-order valence-corrected chi connectivity index (χ3v) is 21.4. The van der Waals surface area contributed by atoms with Crippen molar-refractivity contribution in [3.8, 4) is 0 Å². The number of esters is 2. The van der Waals surface area contributed by atoms with Crippen LogP contribution >= 0.6 is 24.0 Å². The monoisotopic (exact) mass is 858 g/mol. The van der Waals surface area contributed by atoms with Gasteiger partial charge in [0.25, 0.3) is 0 Å². The fourth-order valence-corrected chi connectivity index (χ4v) is 19.1. The Morgan fingerprint density at radius 3 is 1.67 bits per heavy atom. The van der Waals surface area contributed by atoms with Crippen LogP contribution in [0, 0.1) is 105 Å². The van der Waals surface area contributed by atoms with E-state index in [1.54, 1.807) is 6.08 Å². The van der Waals surface area contributed by atoms with E-state index >= 15 is 0 Å². The Kier molecular flexibility index (Phi) is 6.72.